The summed E-state index contributed by atoms with van der Waals surface area (Å²) in [7, 11) is 0. The van der Waals surface area contributed by atoms with Crippen molar-refractivity contribution in [2.75, 3.05) is 0 Å². The Balaban J connectivity index is 1.77. The van der Waals surface area contributed by atoms with Gasteiger partial charge in [0.05, 0.1) is 17.6 Å². The van der Waals surface area contributed by atoms with Gasteiger partial charge in [-0.1, -0.05) is 13.0 Å². The predicted octanol–water partition coefficient (Wildman–Crippen LogP) is 3.99. The molecule has 4 aromatic rings. The quantitative estimate of drug-likeness (QED) is 0.553. The fourth-order valence-corrected chi connectivity index (χ4v) is 3.68. The summed E-state index contributed by atoms with van der Waals surface area (Å²) in [5.74, 6) is 1.95. The van der Waals surface area contributed by atoms with Crippen molar-refractivity contribution >= 4 is 22.4 Å². The SMILES string of the molecule is CCc1ccc2nc(Cn3ccnc3-c3nccs3)n(CC)c2c1. The normalized spacial score (nSPS) is 11.4. The molecule has 6 heteroatoms. The highest BCUT2D eigenvalue weighted by Gasteiger charge is 2.14. The minimum Gasteiger partial charge on any atom is -0.327 e. The van der Waals surface area contributed by atoms with Gasteiger partial charge in [-0.15, -0.1) is 11.3 Å². The van der Waals surface area contributed by atoms with Crippen molar-refractivity contribution in [2.45, 2.75) is 33.4 Å². The van der Waals surface area contributed by atoms with E-state index in [-0.39, 0.29) is 0 Å². The van der Waals surface area contributed by atoms with Crippen LogP contribution in [-0.2, 0) is 19.5 Å². The lowest BCUT2D eigenvalue weighted by atomic mass is 10.1. The highest BCUT2D eigenvalue weighted by molar-refractivity contribution is 7.13. The second kappa shape index (κ2) is 6.20. The van der Waals surface area contributed by atoms with Gasteiger partial charge >= 0.3 is 0 Å². The topological polar surface area (TPSA) is 48.5 Å². The number of thiazole rings is 1. The summed E-state index contributed by atoms with van der Waals surface area (Å²) in [6.45, 7) is 5.94. The average molecular weight is 337 g/mol. The van der Waals surface area contributed by atoms with E-state index in [1.807, 2.05) is 24.0 Å². The highest BCUT2D eigenvalue weighted by atomic mass is 32.1. The molecular weight excluding hydrogens is 318 g/mol. The van der Waals surface area contributed by atoms with E-state index < -0.39 is 0 Å². The summed E-state index contributed by atoms with van der Waals surface area (Å²) >= 11 is 1.60. The number of nitrogens with zero attached hydrogens (tertiary/aromatic N) is 5. The van der Waals surface area contributed by atoms with Gasteiger partial charge in [0.25, 0.3) is 0 Å². The Bertz CT molecular complexity index is 965. The van der Waals surface area contributed by atoms with E-state index in [1.165, 1.54) is 11.1 Å². The fourth-order valence-electron chi connectivity index (χ4n) is 3.03. The lowest BCUT2D eigenvalue weighted by Gasteiger charge is -2.09. The highest BCUT2D eigenvalue weighted by Crippen LogP contribution is 2.23. The van der Waals surface area contributed by atoms with Gasteiger partial charge in [-0.05, 0) is 31.0 Å². The number of benzene rings is 1. The molecule has 5 nitrogen and oxygen atoms in total. The van der Waals surface area contributed by atoms with Crippen molar-refractivity contribution in [3.63, 3.8) is 0 Å². The van der Waals surface area contributed by atoms with Gasteiger partial charge < -0.3 is 9.13 Å². The van der Waals surface area contributed by atoms with Crippen LogP contribution < -0.4 is 0 Å². The van der Waals surface area contributed by atoms with Gasteiger partial charge in [0.15, 0.2) is 10.8 Å². The van der Waals surface area contributed by atoms with Crippen LogP contribution in [0.4, 0.5) is 0 Å². The molecule has 0 amide bonds. The first-order chi connectivity index (χ1) is 11.8. The van der Waals surface area contributed by atoms with E-state index in [4.69, 9.17) is 4.98 Å². The van der Waals surface area contributed by atoms with Crippen LogP contribution in [0, 0.1) is 0 Å². The molecule has 0 aliphatic rings. The first-order valence-corrected chi connectivity index (χ1v) is 9.07. The fraction of sp³-hybridized carbons (Fsp3) is 0.278. The van der Waals surface area contributed by atoms with Gasteiger partial charge in [0.2, 0.25) is 0 Å². The third-order valence-corrected chi connectivity index (χ3v) is 5.04. The Morgan fingerprint density at radius 1 is 1.12 bits per heavy atom. The van der Waals surface area contributed by atoms with Crippen LogP contribution in [0.25, 0.3) is 21.9 Å². The molecule has 1 aromatic carbocycles. The third-order valence-electron chi connectivity index (χ3n) is 4.27. The zero-order valence-electron chi connectivity index (χ0n) is 13.8. The first kappa shape index (κ1) is 15.1. The summed E-state index contributed by atoms with van der Waals surface area (Å²) in [5, 5.41) is 2.91. The van der Waals surface area contributed by atoms with Crippen molar-refractivity contribution in [3.8, 4) is 10.8 Å². The van der Waals surface area contributed by atoms with E-state index >= 15 is 0 Å². The number of rotatable bonds is 5. The molecule has 4 rings (SSSR count). The van der Waals surface area contributed by atoms with Crippen molar-refractivity contribution in [1.29, 1.82) is 0 Å². The largest absolute Gasteiger partial charge is 0.327 e. The first-order valence-electron chi connectivity index (χ1n) is 8.19. The minimum absolute atomic E-state index is 0.693. The van der Waals surface area contributed by atoms with Crippen LogP contribution >= 0.6 is 11.3 Å². The van der Waals surface area contributed by atoms with E-state index in [0.29, 0.717) is 6.54 Å². The molecule has 0 unspecified atom stereocenters. The zero-order valence-corrected chi connectivity index (χ0v) is 14.6. The number of hydrogen-bond acceptors (Lipinski definition) is 4. The molecule has 0 spiro atoms. The average Bonchev–Trinajstić information content (AvgIpc) is 3.33. The van der Waals surface area contributed by atoms with Crippen LogP contribution in [0.5, 0.6) is 0 Å². The lowest BCUT2D eigenvalue weighted by Crippen LogP contribution is -2.08. The molecule has 24 heavy (non-hydrogen) atoms. The molecule has 0 aliphatic carbocycles. The maximum atomic E-state index is 4.85. The van der Waals surface area contributed by atoms with Gasteiger partial charge in [0.1, 0.15) is 5.82 Å². The molecule has 3 heterocycles. The van der Waals surface area contributed by atoms with Gasteiger partial charge in [0, 0.05) is 30.5 Å². The second-order valence-corrected chi connectivity index (χ2v) is 6.56. The van der Waals surface area contributed by atoms with Crippen molar-refractivity contribution in [1.82, 2.24) is 24.1 Å². The summed E-state index contributed by atoms with van der Waals surface area (Å²) < 4.78 is 4.41. The molecule has 0 saturated heterocycles. The van der Waals surface area contributed by atoms with Gasteiger partial charge in [-0.2, -0.15) is 0 Å². The number of hydrogen-bond donors (Lipinski definition) is 0. The van der Waals surface area contributed by atoms with E-state index in [2.05, 4.69) is 51.1 Å². The molecule has 122 valence electrons. The summed E-state index contributed by atoms with van der Waals surface area (Å²) in [5.41, 5.74) is 3.61. The molecule has 0 fully saturated rings. The summed E-state index contributed by atoms with van der Waals surface area (Å²) in [4.78, 5) is 13.7. The molecular formula is C18H19N5S. The standard InChI is InChI=1S/C18H19N5S/c1-3-13-5-6-14-15(11-13)23(4-2)16(21-14)12-22-9-7-19-17(22)18-20-8-10-24-18/h5-11H,3-4,12H2,1-2H3. The monoisotopic (exact) mass is 337 g/mol. The maximum absolute atomic E-state index is 4.85. The smallest absolute Gasteiger partial charge is 0.169 e. The maximum Gasteiger partial charge on any atom is 0.169 e. The molecule has 0 N–H and O–H groups in total. The number of aryl methyl sites for hydroxylation is 2. The van der Waals surface area contributed by atoms with Crippen LogP contribution in [0.15, 0.2) is 42.2 Å². The van der Waals surface area contributed by atoms with Crippen LogP contribution in [0.1, 0.15) is 25.2 Å². The summed E-state index contributed by atoms with van der Waals surface area (Å²) in [6, 6.07) is 6.54. The van der Waals surface area contributed by atoms with E-state index in [1.54, 1.807) is 11.3 Å². The number of fused-ring (bicyclic) bond motifs is 1. The van der Waals surface area contributed by atoms with Crippen LogP contribution in [-0.4, -0.2) is 24.1 Å². The number of imidazole rings is 2. The van der Waals surface area contributed by atoms with Gasteiger partial charge in [-0.3, -0.25) is 0 Å². The Morgan fingerprint density at radius 3 is 2.79 bits per heavy atom. The Morgan fingerprint density at radius 2 is 2.04 bits per heavy atom. The van der Waals surface area contributed by atoms with Gasteiger partial charge in [-0.25, -0.2) is 15.0 Å². The van der Waals surface area contributed by atoms with E-state index in [0.717, 1.165) is 35.1 Å². The van der Waals surface area contributed by atoms with Crippen LogP contribution in [0.3, 0.4) is 0 Å². The molecule has 3 aromatic heterocycles. The Hall–Kier alpha value is -2.47. The Labute approximate surface area is 144 Å². The van der Waals surface area contributed by atoms with Crippen molar-refractivity contribution in [2.24, 2.45) is 0 Å². The Kier molecular flexibility index (Phi) is 3.90. The van der Waals surface area contributed by atoms with E-state index in [9.17, 15) is 0 Å². The third kappa shape index (κ3) is 2.53. The molecule has 0 aliphatic heterocycles. The second-order valence-electron chi connectivity index (χ2n) is 5.66. The molecule has 0 saturated carbocycles. The molecule has 0 atom stereocenters. The zero-order chi connectivity index (χ0) is 16.5. The minimum atomic E-state index is 0.693. The number of aromatic nitrogens is 5. The van der Waals surface area contributed by atoms with Crippen molar-refractivity contribution < 1.29 is 0 Å². The predicted molar refractivity (Wildman–Crippen MR) is 97.2 cm³/mol. The molecule has 0 bridgehead atoms. The lowest BCUT2D eigenvalue weighted by molar-refractivity contribution is 0.667. The van der Waals surface area contributed by atoms with Crippen molar-refractivity contribution in [3.05, 3.63) is 53.6 Å². The van der Waals surface area contributed by atoms with Crippen LogP contribution in [0.2, 0.25) is 0 Å². The molecule has 0 radical (unpaired) electrons. The summed E-state index contributed by atoms with van der Waals surface area (Å²) in [6.07, 6.45) is 6.67.